The first kappa shape index (κ1) is 19.8. The van der Waals surface area contributed by atoms with Crippen molar-refractivity contribution in [1.82, 2.24) is 0 Å². The van der Waals surface area contributed by atoms with Crippen molar-refractivity contribution in [3.8, 4) is 0 Å². The van der Waals surface area contributed by atoms with Crippen molar-refractivity contribution in [1.29, 1.82) is 0 Å². The van der Waals surface area contributed by atoms with Crippen molar-refractivity contribution in [2.75, 3.05) is 4.57 Å². The van der Waals surface area contributed by atoms with Crippen molar-refractivity contribution >= 4 is 27.2 Å². The fourth-order valence-electron chi connectivity index (χ4n) is 5.77. The quantitative estimate of drug-likeness (QED) is 0.568. The second-order valence-corrected chi connectivity index (χ2v) is 20.6. The third-order valence-corrected chi connectivity index (χ3v) is 15.5. The molecule has 24 heavy (non-hydrogen) atoms. The molecule has 0 saturated heterocycles. The molecule has 136 valence electrons. The van der Waals surface area contributed by atoms with Gasteiger partial charge in [0, 0.05) is 11.7 Å². The zero-order valence-corrected chi connectivity index (χ0v) is 19.7. The lowest BCUT2D eigenvalue weighted by atomic mass is 10.1. The van der Waals surface area contributed by atoms with Crippen LogP contribution in [0.25, 0.3) is 0 Å². The van der Waals surface area contributed by atoms with Crippen LogP contribution in [0.3, 0.4) is 0 Å². The number of nitrogens with zero attached hydrogens (tertiary/aromatic N) is 1. The lowest BCUT2D eigenvalue weighted by molar-refractivity contribution is 0.704. The van der Waals surface area contributed by atoms with Gasteiger partial charge in [-0.25, -0.2) is 0 Å². The molecule has 1 nitrogen and oxygen atoms in total. The van der Waals surface area contributed by atoms with Crippen LogP contribution in [-0.2, 0) is 6.42 Å². The van der Waals surface area contributed by atoms with E-state index in [0.717, 1.165) is 16.6 Å². The summed E-state index contributed by atoms with van der Waals surface area (Å²) in [6.07, 6.45) is 1.25. The largest absolute Gasteiger partial charge is 0.394 e. The van der Waals surface area contributed by atoms with E-state index in [1.54, 1.807) is 16.4 Å². The van der Waals surface area contributed by atoms with Crippen molar-refractivity contribution in [2.24, 2.45) is 0 Å². The van der Waals surface area contributed by atoms with Crippen LogP contribution in [0.2, 0.25) is 36.3 Å². The molecule has 1 aromatic carbocycles. The van der Waals surface area contributed by atoms with Gasteiger partial charge in [-0.2, -0.15) is 0 Å². The van der Waals surface area contributed by atoms with Gasteiger partial charge in [-0.3, -0.25) is 0 Å². The second kappa shape index (κ2) is 6.64. The van der Waals surface area contributed by atoms with E-state index in [0.29, 0.717) is 6.04 Å². The Morgan fingerprint density at radius 2 is 1.42 bits per heavy atom. The average molecular weight is 362 g/mol. The molecule has 1 aliphatic rings. The summed E-state index contributed by atoms with van der Waals surface area (Å²) < 4.78 is 2.96. The minimum Gasteiger partial charge on any atom is -0.394 e. The Bertz CT molecular complexity index is 562. The predicted molar refractivity (Wildman–Crippen MR) is 116 cm³/mol. The summed E-state index contributed by atoms with van der Waals surface area (Å²) in [6.45, 7) is 24.9. The maximum absolute atomic E-state index is 2.96. The number of hydrogen-bond acceptors (Lipinski definition) is 1. The zero-order chi connectivity index (χ0) is 18.4. The second-order valence-electron chi connectivity index (χ2n) is 9.83. The molecule has 0 spiro atoms. The van der Waals surface area contributed by atoms with Crippen molar-refractivity contribution < 1.29 is 0 Å². The fraction of sp³-hybridized carbons (Fsp3) is 0.714. The van der Waals surface area contributed by atoms with Crippen molar-refractivity contribution in [3.63, 3.8) is 0 Å². The molecule has 0 radical (unpaired) electrons. The SMILES string of the molecule is CC(C)[Si](C(C)C)(C(C)C)N1c2cccc([Si](C)(C)C)c2C[C@@H]1C. The smallest absolute Gasteiger partial charge is 0.164 e. The number of rotatable bonds is 5. The summed E-state index contributed by atoms with van der Waals surface area (Å²) in [6, 6.07) is 7.83. The van der Waals surface area contributed by atoms with Gasteiger partial charge in [0.15, 0.2) is 8.24 Å². The Morgan fingerprint density at radius 3 is 1.83 bits per heavy atom. The van der Waals surface area contributed by atoms with Crippen LogP contribution in [0, 0.1) is 0 Å². The van der Waals surface area contributed by atoms with E-state index in [1.807, 2.05) is 0 Å². The highest BCUT2D eigenvalue weighted by Gasteiger charge is 2.52. The van der Waals surface area contributed by atoms with Gasteiger partial charge in [-0.05, 0) is 41.6 Å². The van der Waals surface area contributed by atoms with Gasteiger partial charge in [-0.1, -0.05) is 78.5 Å². The highest BCUT2D eigenvalue weighted by atomic mass is 28.3. The predicted octanol–water partition coefficient (Wildman–Crippen LogP) is 6.16. The molecule has 1 atom stereocenters. The van der Waals surface area contributed by atoms with E-state index >= 15 is 0 Å². The third-order valence-electron chi connectivity index (χ3n) is 6.35. The first-order valence-electron chi connectivity index (χ1n) is 9.87. The minimum atomic E-state index is -1.64. The standard InChI is InChI=1S/C21H39NSi2/c1-15(2)24(16(3)4,17(5)6)22-18(7)14-19-20(22)12-11-13-21(19)23(8,9)10/h11-13,15-18H,14H2,1-10H3/t18-/m0/s1. The van der Waals surface area contributed by atoms with E-state index in [-0.39, 0.29) is 0 Å². The summed E-state index contributed by atoms with van der Waals surface area (Å²) in [5, 5.41) is 1.69. The summed E-state index contributed by atoms with van der Waals surface area (Å²) in [4.78, 5) is 0. The van der Waals surface area contributed by atoms with Gasteiger partial charge < -0.3 is 4.57 Å². The molecule has 1 aliphatic heterocycles. The lowest BCUT2D eigenvalue weighted by Gasteiger charge is -2.53. The first-order chi connectivity index (χ1) is 11.0. The van der Waals surface area contributed by atoms with E-state index in [4.69, 9.17) is 0 Å². The van der Waals surface area contributed by atoms with Crippen LogP contribution >= 0.6 is 0 Å². The number of fused-ring (bicyclic) bond motifs is 1. The molecule has 3 heteroatoms. The van der Waals surface area contributed by atoms with Gasteiger partial charge in [0.25, 0.3) is 0 Å². The van der Waals surface area contributed by atoms with E-state index in [2.05, 4.69) is 90.9 Å². The monoisotopic (exact) mass is 361 g/mol. The van der Waals surface area contributed by atoms with E-state index < -0.39 is 16.3 Å². The highest BCUT2D eigenvalue weighted by Crippen LogP contribution is 2.50. The summed E-state index contributed by atoms with van der Waals surface area (Å²) in [7, 11) is -2.94. The van der Waals surface area contributed by atoms with Crippen LogP contribution in [-0.4, -0.2) is 22.4 Å². The highest BCUT2D eigenvalue weighted by molar-refractivity contribution is 6.89. The van der Waals surface area contributed by atoms with Gasteiger partial charge in [-0.15, -0.1) is 0 Å². The lowest BCUT2D eigenvalue weighted by Crippen LogP contribution is -2.62. The minimum absolute atomic E-state index is 0.649. The molecule has 0 fully saturated rings. The topological polar surface area (TPSA) is 3.24 Å². The maximum atomic E-state index is 2.96. The van der Waals surface area contributed by atoms with Crippen LogP contribution < -0.4 is 9.75 Å². The first-order valence-corrected chi connectivity index (χ1v) is 15.5. The Morgan fingerprint density at radius 1 is 0.917 bits per heavy atom. The van der Waals surface area contributed by atoms with Crippen LogP contribution in [0.1, 0.15) is 54.0 Å². The zero-order valence-electron chi connectivity index (χ0n) is 17.7. The van der Waals surface area contributed by atoms with E-state index in [1.165, 1.54) is 6.42 Å². The summed E-state index contributed by atoms with van der Waals surface area (Å²) in [5.74, 6) is 0. The number of hydrogen-bond donors (Lipinski definition) is 0. The molecule has 0 aromatic heterocycles. The third kappa shape index (κ3) is 2.92. The van der Waals surface area contributed by atoms with Gasteiger partial charge in [0.1, 0.15) is 0 Å². The molecule has 0 saturated carbocycles. The van der Waals surface area contributed by atoms with Crippen LogP contribution in [0.15, 0.2) is 18.2 Å². The summed E-state index contributed by atoms with van der Waals surface area (Å²) >= 11 is 0. The molecule has 2 rings (SSSR count). The maximum Gasteiger partial charge on any atom is 0.164 e. The van der Waals surface area contributed by atoms with Crippen molar-refractivity contribution in [3.05, 3.63) is 23.8 Å². The summed E-state index contributed by atoms with van der Waals surface area (Å²) in [5.41, 5.74) is 5.57. The Balaban J connectivity index is 2.70. The number of anilines is 1. The van der Waals surface area contributed by atoms with E-state index in [9.17, 15) is 0 Å². The fourth-order valence-corrected chi connectivity index (χ4v) is 14.6. The Hall–Kier alpha value is -0.546. The number of benzene rings is 1. The van der Waals surface area contributed by atoms with Gasteiger partial charge in [0.05, 0.1) is 8.07 Å². The average Bonchev–Trinajstić information content (AvgIpc) is 2.74. The molecule has 0 bridgehead atoms. The Labute approximate surface area is 153 Å². The molecule has 0 N–H and O–H groups in total. The van der Waals surface area contributed by atoms with Gasteiger partial charge in [0.2, 0.25) is 0 Å². The Kier molecular flexibility index (Phi) is 5.47. The van der Waals surface area contributed by atoms with Gasteiger partial charge >= 0.3 is 0 Å². The normalized spacial score (nSPS) is 18.9. The van der Waals surface area contributed by atoms with Crippen LogP contribution in [0.4, 0.5) is 5.69 Å². The molecule has 1 aromatic rings. The molecule has 0 aliphatic carbocycles. The molecular weight excluding hydrogens is 322 g/mol. The molecule has 1 heterocycles. The molecule has 0 amide bonds. The molecule has 0 unspecified atom stereocenters. The van der Waals surface area contributed by atoms with Crippen LogP contribution in [0.5, 0.6) is 0 Å². The molecular formula is C21H39NSi2. The van der Waals surface area contributed by atoms with Crippen molar-refractivity contribution in [2.45, 2.75) is 97.2 Å².